The molecule has 0 saturated heterocycles. The summed E-state index contributed by atoms with van der Waals surface area (Å²) in [4.78, 5) is 10.3. The lowest BCUT2D eigenvalue weighted by Crippen LogP contribution is -2.14. The third-order valence-corrected chi connectivity index (χ3v) is 2.32. The summed E-state index contributed by atoms with van der Waals surface area (Å²) in [5.41, 5.74) is 0.700. The van der Waals surface area contributed by atoms with Gasteiger partial charge in [-0.25, -0.2) is 4.79 Å². The maximum atomic E-state index is 11.8. The Morgan fingerprint density at radius 2 is 1.81 bits per heavy atom. The topological polar surface area (TPSA) is 55.8 Å². The minimum atomic E-state index is -4.21. The summed E-state index contributed by atoms with van der Waals surface area (Å²) in [7, 11) is 0. The van der Waals surface area contributed by atoms with Crippen LogP contribution in [-0.4, -0.2) is 37.1 Å². The van der Waals surface area contributed by atoms with Crippen LogP contribution in [0.1, 0.15) is 12.0 Å². The van der Waals surface area contributed by atoms with E-state index in [4.69, 9.17) is 14.6 Å². The predicted molar refractivity (Wildman–Crippen MR) is 70.1 cm³/mol. The molecule has 21 heavy (non-hydrogen) atoms. The van der Waals surface area contributed by atoms with Gasteiger partial charge in [0, 0.05) is 6.08 Å². The molecular weight excluding hydrogens is 289 g/mol. The van der Waals surface area contributed by atoms with Crippen LogP contribution in [0.15, 0.2) is 30.3 Å². The Balaban J connectivity index is 2.22. The Morgan fingerprint density at radius 3 is 2.38 bits per heavy atom. The zero-order valence-electron chi connectivity index (χ0n) is 11.1. The van der Waals surface area contributed by atoms with Crippen molar-refractivity contribution < 1.29 is 32.5 Å². The molecule has 1 aromatic carbocycles. The fourth-order valence-electron chi connectivity index (χ4n) is 1.35. The van der Waals surface area contributed by atoms with Gasteiger partial charge in [-0.3, -0.25) is 0 Å². The molecule has 0 bridgehead atoms. The zero-order chi connectivity index (χ0) is 15.7. The molecule has 0 radical (unpaired) electrons. The maximum absolute atomic E-state index is 11.8. The van der Waals surface area contributed by atoms with Crippen LogP contribution in [-0.2, 0) is 9.53 Å². The minimum absolute atomic E-state index is 0.0662. The Morgan fingerprint density at radius 1 is 1.14 bits per heavy atom. The highest BCUT2D eigenvalue weighted by Gasteiger charge is 2.26. The summed E-state index contributed by atoms with van der Waals surface area (Å²) in [5, 5.41) is 8.47. The van der Waals surface area contributed by atoms with Crippen LogP contribution in [0.25, 0.3) is 6.08 Å². The molecule has 0 aliphatic rings. The number of hydrogen-bond donors (Lipinski definition) is 1. The van der Waals surface area contributed by atoms with E-state index in [2.05, 4.69) is 0 Å². The zero-order valence-corrected chi connectivity index (χ0v) is 11.1. The lowest BCUT2D eigenvalue weighted by Gasteiger charge is -2.08. The van der Waals surface area contributed by atoms with E-state index in [0.717, 1.165) is 6.08 Å². The predicted octanol–water partition coefficient (Wildman–Crippen LogP) is 3.13. The first-order valence-corrected chi connectivity index (χ1v) is 6.15. The number of rotatable bonds is 8. The summed E-state index contributed by atoms with van der Waals surface area (Å²) >= 11 is 0. The van der Waals surface area contributed by atoms with Crippen LogP contribution in [0, 0.1) is 0 Å². The van der Waals surface area contributed by atoms with Crippen molar-refractivity contribution in [1.82, 2.24) is 0 Å². The first-order valence-electron chi connectivity index (χ1n) is 6.15. The van der Waals surface area contributed by atoms with E-state index in [1.807, 2.05) is 0 Å². The number of carboxylic acids is 1. The van der Waals surface area contributed by atoms with Gasteiger partial charge in [-0.05, 0) is 23.8 Å². The molecule has 0 atom stereocenters. The van der Waals surface area contributed by atoms with Gasteiger partial charge in [0.25, 0.3) is 0 Å². The van der Waals surface area contributed by atoms with Crippen molar-refractivity contribution >= 4 is 12.0 Å². The van der Waals surface area contributed by atoms with E-state index in [0.29, 0.717) is 11.3 Å². The van der Waals surface area contributed by atoms with E-state index in [9.17, 15) is 18.0 Å². The van der Waals surface area contributed by atoms with Crippen LogP contribution in [0.5, 0.6) is 5.75 Å². The largest absolute Gasteiger partial charge is 0.491 e. The van der Waals surface area contributed by atoms with Crippen LogP contribution >= 0.6 is 0 Å². The number of carboxylic acid groups (broad SMARTS) is 1. The summed E-state index contributed by atoms with van der Waals surface area (Å²) in [6, 6.07) is 6.60. The second kappa shape index (κ2) is 8.31. The molecule has 4 nitrogen and oxygen atoms in total. The minimum Gasteiger partial charge on any atom is -0.491 e. The Kier molecular flexibility index (Phi) is 6.74. The molecular formula is C14H15F3O4. The molecule has 7 heteroatoms. The van der Waals surface area contributed by atoms with Gasteiger partial charge in [0.1, 0.15) is 12.4 Å². The second-order valence-electron chi connectivity index (χ2n) is 4.07. The lowest BCUT2D eigenvalue weighted by molar-refractivity contribution is -0.145. The number of benzene rings is 1. The fraction of sp³-hybridized carbons (Fsp3) is 0.357. The van der Waals surface area contributed by atoms with Gasteiger partial charge in [-0.15, -0.1) is 0 Å². The quantitative estimate of drug-likeness (QED) is 0.592. The van der Waals surface area contributed by atoms with Crippen molar-refractivity contribution in [3.05, 3.63) is 35.9 Å². The molecule has 1 rings (SSSR count). The maximum Gasteiger partial charge on any atom is 0.391 e. The number of carbonyl (C=O) groups is 1. The molecule has 116 valence electrons. The highest BCUT2D eigenvalue weighted by Crippen LogP contribution is 2.19. The van der Waals surface area contributed by atoms with Gasteiger partial charge in [-0.2, -0.15) is 13.2 Å². The molecule has 0 saturated carbocycles. The van der Waals surface area contributed by atoms with Crippen molar-refractivity contribution in [3.8, 4) is 5.75 Å². The van der Waals surface area contributed by atoms with E-state index in [-0.39, 0.29) is 19.8 Å². The van der Waals surface area contributed by atoms with E-state index < -0.39 is 18.6 Å². The average molecular weight is 304 g/mol. The van der Waals surface area contributed by atoms with Crippen LogP contribution in [0.3, 0.4) is 0 Å². The van der Waals surface area contributed by atoms with Gasteiger partial charge in [-0.1, -0.05) is 12.1 Å². The number of halogens is 3. The molecule has 0 unspecified atom stereocenters. The average Bonchev–Trinajstić information content (AvgIpc) is 2.40. The number of alkyl halides is 3. The SMILES string of the molecule is O=C(O)/C=C/c1ccc(OCCOCCC(F)(F)F)cc1. The van der Waals surface area contributed by atoms with E-state index in [1.54, 1.807) is 24.3 Å². The monoisotopic (exact) mass is 304 g/mol. The van der Waals surface area contributed by atoms with Gasteiger partial charge in [0.2, 0.25) is 0 Å². The van der Waals surface area contributed by atoms with Gasteiger partial charge in [0.05, 0.1) is 19.6 Å². The van der Waals surface area contributed by atoms with Gasteiger partial charge >= 0.3 is 12.1 Å². The molecule has 0 spiro atoms. The molecule has 0 aliphatic heterocycles. The molecule has 1 N–H and O–H groups in total. The smallest absolute Gasteiger partial charge is 0.391 e. The second-order valence-corrected chi connectivity index (χ2v) is 4.07. The van der Waals surface area contributed by atoms with Crippen molar-refractivity contribution in [2.24, 2.45) is 0 Å². The van der Waals surface area contributed by atoms with Crippen LogP contribution in [0.2, 0.25) is 0 Å². The Bertz CT molecular complexity index is 466. The molecule has 0 aliphatic carbocycles. The third kappa shape index (κ3) is 8.69. The van der Waals surface area contributed by atoms with Crippen molar-refractivity contribution in [2.45, 2.75) is 12.6 Å². The first-order chi connectivity index (χ1) is 9.87. The van der Waals surface area contributed by atoms with Crippen LogP contribution < -0.4 is 4.74 Å². The standard InChI is InChI=1S/C14H15F3O4/c15-14(16,17)7-8-20-9-10-21-12-4-1-11(2-5-12)3-6-13(18)19/h1-6H,7-10H2,(H,18,19)/b6-3+. The molecule has 1 aromatic rings. The van der Waals surface area contributed by atoms with Crippen molar-refractivity contribution in [3.63, 3.8) is 0 Å². The normalized spacial score (nSPS) is 11.8. The van der Waals surface area contributed by atoms with Gasteiger partial charge < -0.3 is 14.6 Å². The van der Waals surface area contributed by atoms with E-state index >= 15 is 0 Å². The Labute approximate surface area is 119 Å². The molecule has 0 heterocycles. The highest BCUT2D eigenvalue weighted by atomic mass is 19.4. The van der Waals surface area contributed by atoms with Crippen molar-refractivity contribution in [2.75, 3.05) is 19.8 Å². The van der Waals surface area contributed by atoms with Gasteiger partial charge in [0.15, 0.2) is 0 Å². The lowest BCUT2D eigenvalue weighted by atomic mass is 10.2. The number of hydrogen-bond acceptors (Lipinski definition) is 3. The van der Waals surface area contributed by atoms with E-state index in [1.165, 1.54) is 6.08 Å². The number of ether oxygens (including phenoxy) is 2. The summed E-state index contributed by atoms with van der Waals surface area (Å²) in [6.45, 7) is -0.176. The summed E-state index contributed by atoms with van der Waals surface area (Å²) < 4.78 is 45.6. The summed E-state index contributed by atoms with van der Waals surface area (Å²) in [5.74, 6) is -0.506. The highest BCUT2D eigenvalue weighted by molar-refractivity contribution is 5.85. The Hall–Kier alpha value is -2.02. The fourth-order valence-corrected chi connectivity index (χ4v) is 1.35. The third-order valence-electron chi connectivity index (χ3n) is 2.32. The number of aliphatic carboxylic acids is 1. The van der Waals surface area contributed by atoms with Crippen molar-refractivity contribution in [1.29, 1.82) is 0 Å². The first kappa shape index (κ1) is 17.0. The molecule has 0 fully saturated rings. The van der Waals surface area contributed by atoms with Crippen LogP contribution in [0.4, 0.5) is 13.2 Å². The molecule has 0 amide bonds. The summed E-state index contributed by atoms with van der Waals surface area (Å²) in [6.07, 6.45) is -2.73. The molecule has 0 aromatic heterocycles.